The molecule has 0 aliphatic heterocycles. The van der Waals surface area contributed by atoms with Crippen LogP contribution < -0.4 is 10.3 Å². The highest BCUT2D eigenvalue weighted by Gasteiger charge is 2.06. The van der Waals surface area contributed by atoms with Gasteiger partial charge in [-0.25, -0.2) is 4.99 Å². The summed E-state index contributed by atoms with van der Waals surface area (Å²) in [6, 6.07) is 20.4. The smallest absolute Gasteiger partial charge is 0.203 e. The summed E-state index contributed by atoms with van der Waals surface area (Å²) in [6.07, 6.45) is 3.76. The summed E-state index contributed by atoms with van der Waals surface area (Å²) >= 11 is 24.1. The molecule has 0 spiro atoms. The minimum Gasteiger partial charge on any atom is -0.355 e. The highest BCUT2D eigenvalue weighted by molar-refractivity contribution is 6.42. The number of halogens is 4. The zero-order valence-corrected chi connectivity index (χ0v) is 17.0. The van der Waals surface area contributed by atoms with Crippen molar-refractivity contribution in [3.63, 3.8) is 0 Å². The zero-order valence-electron chi connectivity index (χ0n) is 14.0. The van der Waals surface area contributed by atoms with Crippen LogP contribution >= 0.6 is 46.4 Å². The highest BCUT2D eigenvalue weighted by atomic mass is 35.5. The second-order valence-corrected chi connectivity index (χ2v) is 7.35. The van der Waals surface area contributed by atoms with Crippen LogP contribution in [-0.2, 0) is 0 Å². The zero-order chi connectivity index (χ0) is 19.2. The lowest BCUT2D eigenvalue weighted by Gasteiger charge is -2.11. The third kappa shape index (κ3) is 5.75. The molecule has 0 atom stereocenters. The third-order valence-corrected chi connectivity index (χ3v) is 4.94. The van der Waals surface area contributed by atoms with Gasteiger partial charge >= 0.3 is 0 Å². The summed E-state index contributed by atoms with van der Waals surface area (Å²) in [5.74, 6) is 0. The van der Waals surface area contributed by atoms with Gasteiger partial charge in [-0.1, -0.05) is 52.5 Å². The molecule has 3 aromatic carbocycles. The molecule has 0 unspecified atom stereocenters. The lowest BCUT2D eigenvalue weighted by Crippen LogP contribution is -2.60. The van der Waals surface area contributed by atoms with Gasteiger partial charge in [-0.15, -0.1) is 0 Å². The van der Waals surface area contributed by atoms with Gasteiger partial charge in [0.1, 0.15) is 0 Å². The number of anilines is 1. The van der Waals surface area contributed by atoms with E-state index >= 15 is 0 Å². The van der Waals surface area contributed by atoms with Crippen molar-refractivity contribution in [1.29, 1.82) is 0 Å². The van der Waals surface area contributed by atoms with E-state index in [4.69, 9.17) is 46.4 Å². The Kier molecular flexibility index (Phi) is 6.81. The lowest BCUT2D eigenvalue weighted by atomic mass is 10.1. The Labute approximate surface area is 178 Å². The Bertz CT molecular complexity index is 978. The second-order valence-electron chi connectivity index (χ2n) is 5.66. The molecule has 3 rings (SSSR count). The fourth-order valence-electron chi connectivity index (χ4n) is 2.33. The molecule has 0 fully saturated rings. The van der Waals surface area contributed by atoms with Gasteiger partial charge in [0.25, 0.3) is 0 Å². The molecule has 0 bridgehead atoms. The first kappa shape index (κ1) is 19.8. The first-order valence-electron chi connectivity index (χ1n) is 8.05. The van der Waals surface area contributed by atoms with Crippen LogP contribution in [0.15, 0.2) is 72.8 Å². The summed E-state index contributed by atoms with van der Waals surface area (Å²) in [6.45, 7) is 0. The number of hydrogen-bond donors (Lipinski definition) is 2. The van der Waals surface area contributed by atoms with Crippen LogP contribution in [0.25, 0.3) is 5.70 Å². The van der Waals surface area contributed by atoms with Crippen molar-refractivity contribution in [3.8, 4) is 0 Å². The molecule has 136 valence electrons. The molecule has 0 aromatic heterocycles. The van der Waals surface area contributed by atoms with E-state index in [1.165, 1.54) is 0 Å². The third-order valence-electron chi connectivity index (χ3n) is 3.70. The molecule has 0 amide bonds. The normalized spacial score (nSPS) is 11.8. The molecule has 6 heteroatoms. The van der Waals surface area contributed by atoms with E-state index in [9.17, 15) is 0 Å². The molecule has 0 aliphatic carbocycles. The van der Waals surface area contributed by atoms with Gasteiger partial charge < -0.3 is 5.32 Å². The molecule has 0 aliphatic rings. The maximum absolute atomic E-state index is 6.18. The molecule has 0 radical (unpaired) electrons. The monoisotopic (exact) mass is 435 g/mol. The van der Waals surface area contributed by atoms with Gasteiger partial charge in [0, 0.05) is 33.9 Å². The summed E-state index contributed by atoms with van der Waals surface area (Å²) in [5.41, 5.74) is 3.57. The standard InChI is InChI=1S/C21H14Cl4N2/c22-15-2-6-17(7-3-15)26-12-11-21(14-1-10-19(24)20(25)13-14)27-18-8-4-16(23)5-9-18/h1-13,27H/p+1. The minimum atomic E-state index is 0.489. The SMILES string of the molecule is Clc1ccc(NC(=CC=[NH+]c2ccc(Cl)cc2)c2ccc(Cl)c(Cl)c2)cc1. The fraction of sp³-hybridized carbons (Fsp3) is 0. The summed E-state index contributed by atoms with van der Waals surface area (Å²) < 4.78 is 0. The summed E-state index contributed by atoms with van der Waals surface area (Å²) in [4.78, 5) is 3.21. The lowest BCUT2D eigenvalue weighted by molar-refractivity contribution is -0.346. The number of hydrogen-bond acceptors (Lipinski definition) is 1. The first-order valence-corrected chi connectivity index (χ1v) is 9.56. The van der Waals surface area contributed by atoms with E-state index < -0.39 is 0 Å². The van der Waals surface area contributed by atoms with Crippen LogP contribution in [0.2, 0.25) is 20.1 Å². The molecule has 2 N–H and O–H groups in total. The molecule has 27 heavy (non-hydrogen) atoms. The van der Waals surface area contributed by atoms with Gasteiger partial charge in [-0.2, -0.15) is 0 Å². The predicted octanol–water partition coefficient (Wildman–Crippen LogP) is 6.24. The quantitative estimate of drug-likeness (QED) is 0.455. The van der Waals surface area contributed by atoms with Crippen LogP contribution in [0.1, 0.15) is 5.56 Å². The Hall–Kier alpha value is -1.97. The Balaban J connectivity index is 1.91. The molecule has 0 heterocycles. The van der Waals surface area contributed by atoms with Crippen molar-refractivity contribution in [3.05, 3.63) is 98.5 Å². The number of benzene rings is 3. The number of nitrogens with one attached hydrogen (secondary N) is 2. The molecule has 0 saturated heterocycles. The van der Waals surface area contributed by atoms with Crippen LogP contribution in [0.5, 0.6) is 0 Å². The van der Waals surface area contributed by atoms with Crippen LogP contribution in [0.4, 0.5) is 11.4 Å². The number of allylic oxidation sites excluding steroid dienone is 1. The average molecular weight is 437 g/mol. The Morgan fingerprint density at radius 1 is 0.741 bits per heavy atom. The van der Waals surface area contributed by atoms with Gasteiger partial charge in [0.15, 0.2) is 6.21 Å². The molecular formula is C21H15Cl4N2+. The Morgan fingerprint density at radius 3 is 2.00 bits per heavy atom. The van der Waals surface area contributed by atoms with Gasteiger partial charge in [-0.05, 0) is 54.1 Å². The van der Waals surface area contributed by atoms with Crippen molar-refractivity contribution in [2.24, 2.45) is 0 Å². The van der Waals surface area contributed by atoms with E-state index in [-0.39, 0.29) is 0 Å². The average Bonchev–Trinajstić information content (AvgIpc) is 2.66. The maximum Gasteiger partial charge on any atom is 0.203 e. The topological polar surface area (TPSA) is 26.0 Å². The van der Waals surface area contributed by atoms with E-state index in [2.05, 4.69) is 10.3 Å². The van der Waals surface area contributed by atoms with E-state index in [1.807, 2.05) is 73.0 Å². The van der Waals surface area contributed by atoms with Crippen molar-refractivity contribution >= 4 is 69.7 Å². The van der Waals surface area contributed by atoms with Crippen molar-refractivity contribution in [2.45, 2.75) is 0 Å². The highest BCUT2D eigenvalue weighted by Crippen LogP contribution is 2.27. The maximum atomic E-state index is 6.18. The summed E-state index contributed by atoms with van der Waals surface area (Å²) in [5, 5.41) is 5.74. The second kappa shape index (κ2) is 9.29. The molecule has 3 aromatic rings. The first-order chi connectivity index (χ1) is 13.0. The predicted molar refractivity (Wildman–Crippen MR) is 118 cm³/mol. The van der Waals surface area contributed by atoms with Crippen molar-refractivity contribution in [1.82, 2.24) is 0 Å². The largest absolute Gasteiger partial charge is 0.355 e. The van der Waals surface area contributed by atoms with E-state index in [0.717, 1.165) is 22.6 Å². The van der Waals surface area contributed by atoms with Crippen LogP contribution in [-0.4, -0.2) is 6.21 Å². The molecular weight excluding hydrogens is 422 g/mol. The minimum absolute atomic E-state index is 0.489. The Morgan fingerprint density at radius 2 is 1.37 bits per heavy atom. The molecule has 2 nitrogen and oxygen atoms in total. The van der Waals surface area contributed by atoms with Crippen molar-refractivity contribution in [2.75, 3.05) is 5.32 Å². The van der Waals surface area contributed by atoms with Gasteiger partial charge in [0.2, 0.25) is 5.69 Å². The van der Waals surface area contributed by atoms with Crippen LogP contribution in [0.3, 0.4) is 0 Å². The van der Waals surface area contributed by atoms with E-state index in [1.54, 1.807) is 6.07 Å². The van der Waals surface area contributed by atoms with Crippen molar-refractivity contribution < 1.29 is 4.99 Å². The van der Waals surface area contributed by atoms with Crippen LogP contribution in [0, 0.1) is 0 Å². The molecule has 0 saturated carbocycles. The van der Waals surface area contributed by atoms with E-state index in [0.29, 0.717) is 20.1 Å². The van der Waals surface area contributed by atoms with Gasteiger partial charge in [0.05, 0.1) is 15.7 Å². The fourth-order valence-corrected chi connectivity index (χ4v) is 2.88. The summed E-state index contributed by atoms with van der Waals surface area (Å²) in [7, 11) is 0. The van der Waals surface area contributed by atoms with Gasteiger partial charge in [-0.3, -0.25) is 0 Å². The number of rotatable bonds is 5.